The maximum absolute atomic E-state index is 12.9. The highest BCUT2D eigenvalue weighted by Crippen LogP contribution is 2.36. The lowest BCUT2D eigenvalue weighted by Crippen LogP contribution is -2.27. The van der Waals surface area contributed by atoms with Crippen molar-refractivity contribution in [1.82, 2.24) is 0 Å². The van der Waals surface area contributed by atoms with Crippen LogP contribution in [-0.2, 0) is 4.79 Å². The van der Waals surface area contributed by atoms with Gasteiger partial charge in [-0.3, -0.25) is 14.5 Å². The average molecular weight is 513 g/mol. The monoisotopic (exact) mass is 511 g/mol. The van der Waals surface area contributed by atoms with Crippen LogP contribution in [0.5, 0.6) is 0 Å². The molecule has 0 bridgehead atoms. The minimum atomic E-state index is -0.334. The lowest BCUT2D eigenvalue weighted by atomic mass is 10.1. The zero-order valence-electron chi connectivity index (χ0n) is 13.7. The van der Waals surface area contributed by atoms with Crippen LogP contribution in [0.15, 0.2) is 61.3 Å². The number of benzene rings is 2. The van der Waals surface area contributed by atoms with Crippen molar-refractivity contribution in [3.63, 3.8) is 0 Å². The number of hydrogen-bond acceptors (Lipinski definition) is 5. The van der Waals surface area contributed by atoms with E-state index in [-0.39, 0.29) is 32.9 Å². The van der Waals surface area contributed by atoms with Gasteiger partial charge in [-0.15, -0.1) is 0 Å². The summed E-state index contributed by atoms with van der Waals surface area (Å²) in [4.78, 5) is 27.4. The number of hydrogen-bond donors (Lipinski definition) is 0. The lowest BCUT2D eigenvalue weighted by Gasteiger charge is -2.14. The first-order valence-electron chi connectivity index (χ1n) is 7.79. The average Bonchev–Trinajstić information content (AvgIpc) is 2.92. The number of fused-ring (bicyclic) bond motifs is 1. The second-order valence-electron chi connectivity index (χ2n) is 5.78. The molecule has 2 heterocycles. The number of halogens is 3. The largest absolute Gasteiger partial charge is 0.462 e. The molecule has 0 N–H and O–H groups in total. The number of anilines is 1. The molecular weight excluding hydrogens is 505 g/mol. The van der Waals surface area contributed by atoms with Crippen molar-refractivity contribution in [3.8, 4) is 0 Å². The minimum Gasteiger partial charge on any atom is -0.462 e. The van der Waals surface area contributed by atoms with Gasteiger partial charge in [0.1, 0.15) is 6.26 Å². The Balaban J connectivity index is 1.76. The van der Waals surface area contributed by atoms with Crippen LogP contribution in [0.1, 0.15) is 5.56 Å². The Morgan fingerprint density at radius 2 is 1.86 bits per heavy atom. The molecule has 0 atom stereocenters. The van der Waals surface area contributed by atoms with Crippen molar-refractivity contribution < 1.29 is 9.21 Å². The van der Waals surface area contributed by atoms with E-state index < -0.39 is 0 Å². The summed E-state index contributed by atoms with van der Waals surface area (Å²) in [7, 11) is 0. The summed E-state index contributed by atoms with van der Waals surface area (Å²) in [6.07, 6.45) is 2.74. The fraction of sp³-hybridized carbons (Fsp3) is 0. The molecule has 4 nitrogen and oxygen atoms in total. The molecule has 0 radical (unpaired) electrons. The first kappa shape index (κ1) is 19.7. The molecule has 0 spiro atoms. The fourth-order valence-corrected chi connectivity index (χ4v) is 4.79. The Bertz CT molecular complexity index is 1240. The van der Waals surface area contributed by atoms with Gasteiger partial charge in [0.25, 0.3) is 5.91 Å². The van der Waals surface area contributed by atoms with E-state index in [9.17, 15) is 9.59 Å². The third-order valence-corrected chi connectivity index (χ3v) is 6.31. The summed E-state index contributed by atoms with van der Waals surface area (Å²) < 4.78 is 6.78. The quantitative estimate of drug-likeness (QED) is 0.299. The molecule has 2 aromatic carbocycles. The summed E-state index contributed by atoms with van der Waals surface area (Å²) in [5.41, 5.74) is 0.774. The fourth-order valence-electron chi connectivity index (χ4n) is 2.70. The van der Waals surface area contributed by atoms with E-state index in [4.69, 9.17) is 39.8 Å². The number of carbonyl (C=O) groups is 1. The molecule has 28 heavy (non-hydrogen) atoms. The molecule has 1 fully saturated rings. The van der Waals surface area contributed by atoms with Crippen molar-refractivity contribution in [2.45, 2.75) is 0 Å². The molecular formula is C19H8BrCl2NO3S2. The number of carbonyl (C=O) groups excluding carboxylic acids is 1. The molecule has 0 saturated carbocycles. The van der Waals surface area contributed by atoms with Gasteiger partial charge in [0.15, 0.2) is 15.3 Å². The van der Waals surface area contributed by atoms with Crippen LogP contribution in [-0.4, -0.2) is 10.2 Å². The maximum Gasteiger partial charge on any atom is 0.270 e. The van der Waals surface area contributed by atoms with Crippen LogP contribution in [0.4, 0.5) is 5.69 Å². The predicted octanol–water partition coefficient (Wildman–Crippen LogP) is 6.27. The predicted molar refractivity (Wildman–Crippen MR) is 122 cm³/mol. The summed E-state index contributed by atoms with van der Waals surface area (Å²) in [5, 5.41) is 0.811. The lowest BCUT2D eigenvalue weighted by molar-refractivity contribution is -0.113. The van der Waals surface area contributed by atoms with E-state index in [2.05, 4.69) is 15.9 Å². The third kappa shape index (κ3) is 3.53. The van der Waals surface area contributed by atoms with E-state index >= 15 is 0 Å². The standard InChI is InChI=1S/C19H8BrCl2NO3S2/c20-10-1-3-12(4-2-10)23-18(25)15(28-19(23)27)5-9-8-26-17-13(16(9)24)6-11(21)7-14(17)22/h1-8H/b15-5-. The highest BCUT2D eigenvalue weighted by molar-refractivity contribution is 9.10. The molecule has 1 aromatic heterocycles. The van der Waals surface area contributed by atoms with E-state index in [1.165, 1.54) is 29.4 Å². The Labute approximate surface area is 187 Å². The van der Waals surface area contributed by atoms with E-state index in [1.807, 2.05) is 12.1 Å². The topological polar surface area (TPSA) is 50.5 Å². The van der Waals surface area contributed by atoms with E-state index in [0.717, 1.165) is 16.2 Å². The van der Waals surface area contributed by atoms with Crippen molar-refractivity contribution in [2.24, 2.45) is 0 Å². The normalized spacial score (nSPS) is 15.8. The Kier molecular flexibility index (Phi) is 5.37. The van der Waals surface area contributed by atoms with Gasteiger partial charge in [-0.2, -0.15) is 0 Å². The Morgan fingerprint density at radius 1 is 1.14 bits per heavy atom. The molecule has 1 aliphatic rings. The highest BCUT2D eigenvalue weighted by atomic mass is 79.9. The van der Waals surface area contributed by atoms with Crippen molar-refractivity contribution >= 4 is 96.1 Å². The Morgan fingerprint density at radius 3 is 2.57 bits per heavy atom. The SMILES string of the molecule is O=C1/C(=C/c2coc3c(Cl)cc(Cl)cc3c2=O)SC(=S)N1c1ccc(Br)cc1. The van der Waals surface area contributed by atoms with E-state index in [1.54, 1.807) is 12.1 Å². The summed E-state index contributed by atoms with van der Waals surface area (Å²) >= 11 is 21.9. The summed E-state index contributed by atoms with van der Waals surface area (Å²) in [5.74, 6) is -0.305. The zero-order chi connectivity index (χ0) is 20.0. The van der Waals surface area contributed by atoms with Crippen molar-refractivity contribution in [1.29, 1.82) is 0 Å². The third-order valence-electron chi connectivity index (χ3n) is 3.98. The van der Waals surface area contributed by atoms with Gasteiger partial charge >= 0.3 is 0 Å². The first-order chi connectivity index (χ1) is 13.3. The van der Waals surface area contributed by atoms with Gasteiger partial charge in [0.2, 0.25) is 0 Å². The van der Waals surface area contributed by atoms with Crippen LogP contribution in [0.25, 0.3) is 17.0 Å². The van der Waals surface area contributed by atoms with Gasteiger partial charge in [-0.25, -0.2) is 0 Å². The highest BCUT2D eigenvalue weighted by Gasteiger charge is 2.33. The van der Waals surface area contributed by atoms with Crippen molar-refractivity contribution in [3.05, 3.63) is 77.9 Å². The molecule has 3 aromatic rings. The Hall–Kier alpha value is -1.64. The number of rotatable bonds is 2. The van der Waals surface area contributed by atoms with E-state index in [0.29, 0.717) is 19.9 Å². The van der Waals surface area contributed by atoms with Crippen LogP contribution in [0.2, 0.25) is 10.0 Å². The molecule has 0 aliphatic carbocycles. The van der Waals surface area contributed by atoms with Gasteiger partial charge in [0, 0.05) is 9.50 Å². The molecule has 1 saturated heterocycles. The second kappa shape index (κ2) is 7.65. The molecule has 0 unspecified atom stereocenters. The zero-order valence-corrected chi connectivity index (χ0v) is 18.5. The van der Waals surface area contributed by atoms with Crippen LogP contribution < -0.4 is 10.3 Å². The number of amides is 1. The second-order valence-corrected chi connectivity index (χ2v) is 9.21. The van der Waals surface area contributed by atoms with Crippen LogP contribution >= 0.6 is 63.1 Å². The smallest absolute Gasteiger partial charge is 0.270 e. The molecule has 140 valence electrons. The van der Waals surface area contributed by atoms with Gasteiger partial charge in [0.05, 0.1) is 26.6 Å². The minimum absolute atomic E-state index is 0.210. The first-order valence-corrected chi connectivity index (χ1v) is 10.6. The van der Waals surface area contributed by atoms with Gasteiger partial charge < -0.3 is 4.42 Å². The number of thiocarbonyl (C=S) groups is 1. The summed E-state index contributed by atoms with van der Waals surface area (Å²) in [6.45, 7) is 0. The van der Waals surface area contributed by atoms with Crippen LogP contribution in [0, 0.1) is 0 Å². The molecule has 4 rings (SSSR count). The van der Waals surface area contributed by atoms with Crippen LogP contribution in [0.3, 0.4) is 0 Å². The van der Waals surface area contributed by atoms with Crippen molar-refractivity contribution in [2.75, 3.05) is 4.90 Å². The number of thioether (sulfide) groups is 1. The molecule has 9 heteroatoms. The summed E-state index contributed by atoms with van der Waals surface area (Å²) in [6, 6.07) is 10.2. The maximum atomic E-state index is 12.9. The van der Waals surface area contributed by atoms with Gasteiger partial charge in [-0.1, -0.05) is 63.1 Å². The number of nitrogens with zero attached hydrogens (tertiary/aromatic N) is 1. The molecule has 1 aliphatic heterocycles. The molecule has 1 amide bonds. The van der Waals surface area contributed by atoms with Gasteiger partial charge in [-0.05, 0) is 42.5 Å².